The SMILES string of the molecule is CC1(C)CCC[C@@]1(C)C1=CC(=O)[C@@](C)(O)C=C1. The molecule has 2 aliphatic rings. The second kappa shape index (κ2) is 3.55. The van der Waals surface area contributed by atoms with Crippen LogP contribution in [0, 0.1) is 10.8 Å². The first-order valence-corrected chi connectivity index (χ1v) is 6.37. The number of allylic oxidation sites excluding steroid dienone is 2. The summed E-state index contributed by atoms with van der Waals surface area (Å²) in [6.45, 7) is 8.32. The van der Waals surface area contributed by atoms with Gasteiger partial charge in [-0.25, -0.2) is 0 Å². The molecule has 0 saturated heterocycles. The Bertz CT molecular complexity index is 413. The molecule has 17 heavy (non-hydrogen) atoms. The van der Waals surface area contributed by atoms with Crippen LogP contribution in [-0.4, -0.2) is 16.5 Å². The number of rotatable bonds is 1. The van der Waals surface area contributed by atoms with Crippen LogP contribution in [0.25, 0.3) is 0 Å². The summed E-state index contributed by atoms with van der Waals surface area (Å²) in [4.78, 5) is 11.9. The highest BCUT2D eigenvalue weighted by Crippen LogP contribution is 2.57. The first-order valence-electron chi connectivity index (χ1n) is 6.37. The Morgan fingerprint density at radius 3 is 2.29 bits per heavy atom. The van der Waals surface area contributed by atoms with Crippen molar-refractivity contribution in [3.05, 3.63) is 23.8 Å². The van der Waals surface area contributed by atoms with Crippen LogP contribution in [0.2, 0.25) is 0 Å². The third-order valence-corrected chi connectivity index (χ3v) is 4.98. The largest absolute Gasteiger partial charge is 0.378 e. The monoisotopic (exact) mass is 234 g/mol. The Morgan fingerprint density at radius 2 is 1.82 bits per heavy atom. The third-order valence-electron chi connectivity index (χ3n) is 4.98. The van der Waals surface area contributed by atoms with Gasteiger partial charge in [0.15, 0.2) is 5.78 Å². The fourth-order valence-electron chi connectivity index (χ4n) is 3.05. The van der Waals surface area contributed by atoms with Gasteiger partial charge in [0.25, 0.3) is 0 Å². The van der Waals surface area contributed by atoms with Crippen LogP contribution in [0.4, 0.5) is 0 Å². The maximum absolute atomic E-state index is 11.9. The normalized spacial score (nSPS) is 40.5. The summed E-state index contributed by atoms with van der Waals surface area (Å²) in [7, 11) is 0. The highest BCUT2D eigenvalue weighted by molar-refractivity contribution is 6.00. The van der Waals surface area contributed by atoms with Gasteiger partial charge in [0.1, 0.15) is 5.60 Å². The zero-order chi connectivity index (χ0) is 12.9. The Hall–Kier alpha value is -0.890. The molecule has 1 N–H and O–H groups in total. The minimum absolute atomic E-state index is 0.0513. The molecule has 0 aromatic carbocycles. The van der Waals surface area contributed by atoms with Crippen molar-refractivity contribution >= 4 is 5.78 Å². The van der Waals surface area contributed by atoms with Gasteiger partial charge in [-0.2, -0.15) is 0 Å². The Kier molecular flexibility index (Phi) is 2.62. The summed E-state index contributed by atoms with van der Waals surface area (Å²) in [5.74, 6) is -0.195. The molecule has 2 nitrogen and oxygen atoms in total. The van der Waals surface area contributed by atoms with Gasteiger partial charge in [-0.3, -0.25) is 4.79 Å². The van der Waals surface area contributed by atoms with Gasteiger partial charge in [0.2, 0.25) is 0 Å². The third kappa shape index (κ3) is 1.79. The van der Waals surface area contributed by atoms with Crippen LogP contribution in [0.15, 0.2) is 23.8 Å². The Balaban J connectivity index is 2.38. The van der Waals surface area contributed by atoms with Crippen molar-refractivity contribution in [1.29, 1.82) is 0 Å². The lowest BCUT2D eigenvalue weighted by atomic mass is 9.63. The van der Waals surface area contributed by atoms with E-state index in [4.69, 9.17) is 0 Å². The summed E-state index contributed by atoms with van der Waals surface area (Å²) in [5.41, 5.74) is 0.0294. The van der Waals surface area contributed by atoms with E-state index in [1.165, 1.54) is 12.8 Å². The predicted octanol–water partition coefficient (Wildman–Crippen LogP) is 3.02. The first-order chi connectivity index (χ1) is 7.69. The van der Waals surface area contributed by atoms with Gasteiger partial charge < -0.3 is 5.11 Å². The zero-order valence-electron chi connectivity index (χ0n) is 11.2. The second-order valence-corrected chi connectivity index (χ2v) is 6.51. The molecular formula is C15H22O2. The number of hydrogen-bond donors (Lipinski definition) is 1. The summed E-state index contributed by atoms with van der Waals surface area (Å²) in [6, 6.07) is 0. The van der Waals surface area contributed by atoms with Crippen LogP contribution in [0.3, 0.4) is 0 Å². The predicted molar refractivity (Wildman–Crippen MR) is 68.6 cm³/mol. The fourth-order valence-corrected chi connectivity index (χ4v) is 3.05. The van der Waals surface area contributed by atoms with E-state index in [-0.39, 0.29) is 16.6 Å². The van der Waals surface area contributed by atoms with Crippen LogP contribution in [0.1, 0.15) is 47.0 Å². The van der Waals surface area contributed by atoms with Gasteiger partial charge in [-0.05, 0) is 48.3 Å². The van der Waals surface area contributed by atoms with Crippen LogP contribution >= 0.6 is 0 Å². The van der Waals surface area contributed by atoms with E-state index in [0.717, 1.165) is 12.0 Å². The summed E-state index contributed by atoms with van der Waals surface area (Å²) >= 11 is 0. The molecule has 0 unspecified atom stereocenters. The summed E-state index contributed by atoms with van der Waals surface area (Å²) < 4.78 is 0. The lowest BCUT2D eigenvalue weighted by Crippen LogP contribution is -2.38. The molecule has 94 valence electrons. The number of carbonyl (C=O) groups is 1. The van der Waals surface area contributed by atoms with Crippen molar-refractivity contribution in [3.63, 3.8) is 0 Å². The van der Waals surface area contributed by atoms with Crippen molar-refractivity contribution in [2.45, 2.75) is 52.6 Å². The van der Waals surface area contributed by atoms with Crippen molar-refractivity contribution in [3.8, 4) is 0 Å². The molecule has 2 heteroatoms. The molecule has 2 aliphatic carbocycles. The summed E-state index contributed by atoms with van der Waals surface area (Å²) in [6.07, 6.45) is 8.73. The molecule has 0 aromatic heterocycles. The quantitative estimate of drug-likeness (QED) is 0.757. The van der Waals surface area contributed by atoms with E-state index in [9.17, 15) is 9.90 Å². The number of hydrogen-bond acceptors (Lipinski definition) is 2. The molecule has 0 aromatic rings. The second-order valence-electron chi connectivity index (χ2n) is 6.51. The van der Waals surface area contributed by atoms with Crippen molar-refractivity contribution in [1.82, 2.24) is 0 Å². The van der Waals surface area contributed by atoms with E-state index < -0.39 is 5.60 Å². The number of carbonyl (C=O) groups excluding carboxylic acids is 1. The van der Waals surface area contributed by atoms with E-state index in [2.05, 4.69) is 20.8 Å². The standard InChI is InChI=1S/C15H22O2/c1-13(2)7-5-8-14(13,3)11-6-9-15(4,17)12(16)10-11/h6,9-10,17H,5,7-8H2,1-4H3/t14-,15-/m0/s1. The summed E-state index contributed by atoms with van der Waals surface area (Å²) in [5, 5.41) is 9.84. The van der Waals surface area contributed by atoms with Crippen LogP contribution < -0.4 is 0 Å². The fraction of sp³-hybridized carbons (Fsp3) is 0.667. The van der Waals surface area contributed by atoms with Gasteiger partial charge in [0, 0.05) is 0 Å². The van der Waals surface area contributed by atoms with Crippen molar-refractivity contribution in [2.24, 2.45) is 10.8 Å². The van der Waals surface area contributed by atoms with Crippen molar-refractivity contribution in [2.75, 3.05) is 0 Å². The van der Waals surface area contributed by atoms with E-state index in [1.54, 1.807) is 19.1 Å². The Morgan fingerprint density at radius 1 is 1.18 bits per heavy atom. The smallest absolute Gasteiger partial charge is 0.191 e. The van der Waals surface area contributed by atoms with Gasteiger partial charge in [-0.15, -0.1) is 0 Å². The number of aliphatic hydroxyl groups is 1. The topological polar surface area (TPSA) is 37.3 Å². The average Bonchev–Trinajstić information content (AvgIpc) is 2.47. The molecular weight excluding hydrogens is 212 g/mol. The van der Waals surface area contributed by atoms with E-state index in [1.807, 2.05) is 6.08 Å². The molecule has 1 saturated carbocycles. The lowest BCUT2D eigenvalue weighted by molar-refractivity contribution is -0.126. The zero-order valence-corrected chi connectivity index (χ0v) is 11.2. The molecule has 0 bridgehead atoms. The van der Waals surface area contributed by atoms with Crippen molar-refractivity contribution < 1.29 is 9.90 Å². The van der Waals surface area contributed by atoms with E-state index in [0.29, 0.717) is 0 Å². The minimum atomic E-state index is -1.32. The maximum atomic E-state index is 11.9. The molecule has 0 spiro atoms. The van der Waals surface area contributed by atoms with Crippen LogP contribution in [-0.2, 0) is 4.79 Å². The molecule has 0 heterocycles. The molecule has 2 atom stereocenters. The highest BCUT2D eigenvalue weighted by Gasteiger charge is 2.48. The molecule has 2 rings (SSSR count). The minimum Gasteiger partial charge on any atom is -0.378 e. The first kappa shape index (κ1) is 12.6. The molecule has 0 amide bonds. The van der Waals surface area contributed by atoms with Gasteiger partial charge in [-0.1, -0.05) is 33.3 Å². The van der Waals surface area contributed by atoms with Gasteiger partial charge >= 0.3 is 0 Å². The van der Waals surface area contributed by atoms with Crippen LogP contribution in [0.5, 0.6) is 0 Å². The van der Waals surface area contributed by atoms with Gasteiger partial charge in [0.05, 0.1) is 0 Å². The average molecular weight is 234 g/mol. The molecule has 1 fully saturated rings. The number of ketones is 1. The lowest BCUT2D eigenvalue weighted by Gasteiger charge is -2.41. The highest BCUT2D eigenvalue weighted by atomic mass is 16.3. The maximum Gasteiger partial charge on any atom is 0.191 e. The molecule has 0 aliphatic heterocycles. The van der Waals surface area contributed by atoms with E-state index >= 15 is 0 Å². The Labute approximate surface area is 103 Å². The molecule has 0 radical (unpaired) electrons.